The van der Waals surface area contributed by atoms with Gasteiger partial charge in [-0.2, -0.15) is 0 Å². The Labute approximate surface area is 123 Å². The first kappa shape index (κ1) is 14.5. The molecule has 1 aliphatic carbocycles. The third-order valence-corrected chi connectivity index (χ3v) is 4.64. The molecule has 3 unspecified atom stereocenters. The highest BCUT2D eigenvalue weighted by molar-refractivity contribution is 5.07. The molecule has 2 aliphatic rings. The minimum atomic E-state index is -0.592. The van der Waals surface area contributed by atoms with Crippen LogP contribution in [0.15, 0.2) is 12.4 Å². The number of nitro groups is 1. The van der Waals surface area contributed by atoms with Crippen molar-refractivity contribution >= 4 is 5.95 Å². The zero-order valence-electron chi connectivity index (χ0n) is 12.1. The Kier molecular flexibility index (Phi) is 4.21. The number of aromatic nitrogens is 2. The Morgan fingerprint density at radius 3 is 2.57 bits per heavy atom. The van der Waals surface area contributed by atoms with Crippen molar-refractivity contribution in [2.24, 2.45) is 0 Å². The van der Waals surface area contributed by atoms with Crippen LogP contribution in [-0.2, 0) is 6.54 Å². The summed E-state index contributed by atoms with van der Waals surface area (Å²) in [6, 6.07) is 1.25. The standard InChI is InChI=1S/C14H22N4O3/c19-11(9-16-8-7-15-14(16)18(20)21)10-17-12-5-3-1-2-4-6-13(12)17/h7-8,11-13,19H,1-6,9-10H2. The van der Waals surface area contributed by atoms with Gasteiger partial charge in [0.1, 0.15) is 12.4 Å². The van der Waals surface area contributed by atoms with Gasteiger partial charge >= 0.3 is 5.95 Å². The van der Waals surface area contributed by atoms with Crippen LogP contribution in [0.5, 0.6) is 0 Å². The van der Waals surface area contributed by atoms with E-state index in [9.17, 15) is 15.2 Å². The summed E-state index contributed by atoms with van der Waals surface area (Å²) in [5.74, 6) is -0.203. The molecule has 1 saturated carbocycles. The molecule has 1 aromatic rings. The van der Waals surface area contributed by atoms with E-state index in [1.165, 1.54) is 49.3 Å². The van der Waals surface area contributed by atoms with E-state index in [1.807, 2.05) is 0 Å². The van der Waals surface area contributed by atoms with Crippen molar-refractivity contribution < 1.29 is 10.0 Å². The Morgan fingerprint density at radius 1 is 1.29 bits per heavy atom. The first-order valence-corrected chi connectivity index (χ1v) is 7.76. The van der Waals surface area contributed by atoms with Gasteiger partial charge in [-0.15, -0.1) is 0 Å². The van der Waals surface area contributed by atoms with Crippen LogP contribution in [0.1, 0.15) is 38.5 Å². The van der Waals surface area contributed by atoms with Gasteiger partial charge in [-0.05, 0) is 17.8 Å². The lowest BCUT2D eigenvalue weighted by atomic mass is 10.0. The number of nitrogens with zero attached hydrogens (tertiary/aromatic N) is 4. The van der Waals surface area contributed by atoms with Gasteiger partial charge in [0.15, 0.2) is 0 Å². The molecule has 1 aliphatic heterocycles. The summed E-state index contributed by atoms with van der Waals surface area (Å²) in [6.07, 6.45) is 10.0. The zero-order chi connectivity index (χ0) is 14.8. The summed E-state index contributed by atoms with van der Waals surface area (Å²) in [5, 5.41) is 21.0. The molecule has 0 spiro atoms. The third-order valence-electron chi connectivity index (χ3n) is 4.64. The van der Waals surface area contributed by atoms with E-state index in [1.54, 1.807) is 6.20 Å². The number of aliphatic hydroxyl groups excluding tert-OH is 1. The fourth-order valence-electron chi connectivity index (χ4n) is 3.58. The predicted molar refractivity (Wildman–Crippen MR) is 76.9 cm³/mol. The molecule has 7 nitrogen and oxygen atoms in total. The molecule has 3 rings (SSSR count). The molecule has 7 heteroatoms. The average Bonchev–Trinajstić information content (AvgIpc) is 2.84. The largest absolute Gasteiger partial charge is 0.434 e. The molecule has 2 heterocycles. The van der Waals surface area contributed by atoms with Gasteiger partial charge in [-0.3, -0.25) is 4.90 Å². The summed E-state index contributed by atoms with van der Waals surface area (Å²) in [6.45, 7) is 0.830. The smallest absolute Gasteiger partial charge is 0.390 e. The van der Waals surface area contributed by atoms with Crippen LogP contribution in [-0.4, -0.2) is 49.2 Å². The summed E-state index contributed by atoms with van der Waals surface area (Å²) in [5.41, 5.74) is 0. The lowest BCUT2D eigenvalue weighted by Gasteiger charge is -2.11. The molecular formula is C14H22N4O3. The molecule has 1 aromatic heterocycles. The lowest BCUT2D eigenvalue weighted by molar-refractivity contribution is -0.397. The van der Waals surface area contributed by atoms with Crippen molar-refractivity contribution in [3.8, 4) is 0 Å². The van der Waals surface area contributed by atoms with Gasteiger partial charge < -0.3 is 15.2 Å². The highest BCUT2D eigenvalue weighted by Crippen LogP contribution is 2.38. The van der Waals surface area contributed by atoms with Crippen molar-refractivity contribution in [2.75, 3.05) is 6.54 Å². The number of aliphatic hydroxyl groups is 1. The summed E-state index contributed by atoms with van der Waals surface area (Å²) in [4.78, 5) is 16.4. The fourth-order valence-corrected chi connectivity index (χ4v) is 3.58. The normalized spacial score (nSPS) is 30.0. The molecule has 0 bridgehead atoms. The van der Waals surface area contributed by atoms with Gasteiger partial charge in [-0.1, -0.05) is 30.7 Å². The number of fused-ring (bicyclic) bond motifs is 1. The summed E-state index contributed by atoms with van der Waals surface area (Å²) < 4.78 is 1.41. The van der Waals surface area contributed by atoms with E-state index in [0.717, 1.165) is 0 Å². The fraction of sp³-hybridized carbons (Fsp3) is 0.786. The van der Waals surface area contributed by atoms with E-state index >= 15 is 0 Å². The molecule has 1 N–H and O–H groups in total. The summed E-state index contributed by atoms with van der Waals surface area (Å²) in [7, 11) is 0. The maximum absolute atomic E-state index is 10.8. The molecule has 0 aromatic carbocycles. The van der Waals surface area contributed by atoms with Crippen molar-refractivity contribution in [2.45, 2.75) is 63.3 Å². The molecule has 0 amide bonds. The predicted octanol–water partition coefficient (Wildman–Crippen LogP) is 1.56. The van der Waals surface area contributed by atoms with E-state index < -0.39 is 11.0 Å². The first-order valence-electron chi connectivity index (χ1n) is 7.76. The van der Waals surface area contributed by atoms with Gasteiger partial charge in [0.25, 0.3) is 0 Å². The first-order chi connectivity index (χ1) is 10.2. The van der Waals surface area contributed by atoms with Gasteiger partial charge in [0.2, 0.25) is 0 Å². The number of β-amino-alcohol motifs (C(OH)–C–C–N with tert-alkyl or cyclic N) is 1. The lowest BCUT2D eigenvalue weighted by Crippen LogP contribution is -2.26. The van der Waals surface area contributed by atoms with Crippen LogP contribution in [0.25, 0.3) is 0 Å². The zero-order valence-corrected chi connectivity index (χ0v) is 12.1. The van der Waals surface area contributed by atoms with Crippen molar-refractivity contribution in [3.05, 3.63) is 22.5 Å². The van der Waals surface area contributed by atoms with Crippen LogP contribution in [0.2, 0.25) is 0 Å². The highest BCUT2D eigenvalue weighted by Gasteiger charge is 2.46. The maximum atomic E-state index is 10.8. The van der Waals surface area contributed by atoms with E-state index in [-0.39, 0.29) is 12.5 Å². The Hall–Kier alpha value is -1.47. The Morgan fingerprint density at radius 2 is 1.95 bits per heavy atom. The van der Waals surface area contributed by atoms with Gasteiger partial charge in [-0.25, -0.2) is 4.57 Å². The Bertz CT molecular complexity index is 490. The molecular weight excluding hydrogens is 272 g/mol. The number of rotatable bonds is 5. The minimum Gasteiger partial charge on any atom is -0.390 e. The average molecular weight is 294 g/mol. The van der Waals surface area contributed by atoms with Crippen LogP contribution < -0.4 is 0 Å². The topological polar surface area (TPSA) is 84.2 Å². The molecule has 116 valence electrons. The molecule has 3 atom stereocenters. The van der Waals surface area contributed by atoms with Crippen molar-refractivity contribution in [1.29, 1.82) is 0 Å². The maximum Gasteiger partial charge on any atom is 0.434 e. The SMILES string of the molecule is O=[N+]([O-])c1nccn1CC(O)CN1C2CCCCCCC21. The molecule has 1 saturated heterocycles. The van der Waals surface area contributed by atoms with Crippen LogP contribution >= 0.6 is 0 Å². The van der Waals surface area contributed by atoms with Gasteiger partial charge in [0, 0.05) is 18.6 Å². The van der Waals surface area contributed by atoms with Crippen LogP contribution in [0, 0.1) is 10.1 Å². The Balaban J connectivity index is 1.53. The summed E-state index contributed by atoms with van der Waals surface area (Å²) >= 11 is 0. The minimum absolute atomic E-state index is 0.203. The second-order valence-corrected chi connectivity index (χ2v) is 6.11. The number of imidazole rings is 1. The van der Waals surface area contributed by atoms with E-state index in [4.69, 9.17) is 0 Å². The van der Waals surface area contributed by atoms with Crippen LogP contribution in [0.4, 0.5) is 5.95 Å². The second kappa shape index (κ2) is 6.11. The highest BCUT2D eigenvalue weighted by atomic mass is 16.6. The van der Waals surface area contributed by atoms with E-state index in [0.29, 0.717) is 18.6 Å². The molecule has 21 heavy (non-hydrogen) atoms. The number of hydrogen-bond acceptors (Lipinski definition) is 5. The van der Waals surface area contributed by atoms with E-state index in [2.05, 4.69) is 9.88 Å². The molecule has 0 radical (unpaired) electrons. The second-order valence-electron chi connectivity index (χ2n) is 6.11. The van der Waals surface area contributed by atoms with Crippen molar-refractivity contribution in [1.82, 2.24) is 14.5 Å². The van der Waals surface area contributed by atoms with Crippen molar-refractivity contribution in [3.63, 3.8) is 0 Å². The number of hydrogen-bond donors (Lipinski definition) is 1. The third kappa shape index (κ3) is 3.24. The monoisotopic (exact) mass is 294 g/mol. The quantitative estimate of drug-likeness (QED) is 0.506. The molecule has 2 fully saturated rings. The van der Waals surface area contributed by atoms with Gasteiger partial charge in [0.05, 0.1) is 12.6 Å². The van der Waals surface area contributed by atoms with Crippen LogP contribution in [0.3, 0.4) is 0 Å².